The molecule has 2 atom stereocenters. The van der Waals surface area contributed by atoms with Gasteiger partial charge >= 0.3 is 5.97 Å². The molecule has 0 saturated carbocycles. The minimum Gasteiger partial charge on any atom is -0.544 e. The first-order chi connectivity index (χ1) is 14.7. The third-order valence-corrected chi connectivity index (χ3v) is 10.4. The molecular weight excluding hydrogens is 408 g/mol. The van der Waals surface area contributed by atoms with Crippen LogP contribution in [0.1, 0.15) is 55.8 Å². The van der Waals surface area contributed by atoms with Crippen molar-refractivity contribution in [3.05, 3.63) is 65.7 Å². The Labute approximate surface area is 186 Å². The van der Waals surface area contributed by atoms with Crippen LogP contribution in [0, 0.1) is 0 Å². The summed E-state index contributed by atoms with van der Waals surface area (Å²) >= 11 is 0. The first-order valence-corrected chi connectivity index (χ1v) is 13.8. The van der Waals surface area contributed by atoms with Gasteiger partial charge in [-0.3, -0.25) is 0 Å². The van der Waals surface area contributed by atoms with Crippen molar-refractivity contribution in [3.63, 3.8) is 0 Å². The molecule has 0 bridgehead atoms. The molecule has 2 aromatic carbocycles. The highest BCUT2D eigenvalue weighted by Crippen LogP contribution is 2.38. The second-order valence-corrected chi connectivity index (χ2v) is 14.2. The Kier molecular flexibility index (Phi) is 7.57. The van der Waals surface area contributed by atoms with E-state index < -0.39 is 8.32 Å². The molecule has 0 aromatic heterocycles. The Hall–Kier alpha value is -2.15. The van der Waals surface area contributed by atoms with Crippen molar-refractivity contribution in [3.8, 4) is 5.75 Å². The number of carbonyl (C=O) groups is 1. The van der Waals surface area contributed by atoms with Gasteiger partial charge in [-0.25, -0.2) is 4.79 Å². The van der Waals surface area contributed by atoms with E-state index >= 15 is 0 Å². The molecule has 0 radical (unpaired) electrons. The first kappa shape index (κ1) is 23.5. The molecule has 5 nitrogen and oxygen atoms in total. The van der Waals surface area contributed by atoms with E-state index in [1.54, 1.807) is 12.1 Å². The summed E-state index contributed by atoms with van der Waals surface area (Å²) < 4.78 is 23.5. The van der Waals surface area contributed by atoms with Crippen LogP contribution in [0.2, 0.25) is 18.1 Å². The Bertz CT molecular complexity index is 842. The number of hydrogen-bond acceptors (Lipinski definition) is 5. The number of carbonyl (C=O) groups excluding carboxylic acids is 1. The first-order valence-electron chi connectivity index (χ1n) is 10.9. The van der Waals surface area contributed by atoms with E-state index in [-0.39, 0.29) is 23.4 Å². The Morgan fingerprint density at radius 1 is 1.06 bits per heavy atom. The van der Waals surface area contributed by atoms with Crippen LogP contribution >= 0.6 is 0 Å². The molecule has 1 heterocycles. The lowest BCUT2D eigenvalue weighted by atomic mass is 10.2. The molecule has 0 amide bonds. The number of esters is 1. The van der Waals surface area contributed by atoms with Crippen LogP contribution in [-0.2, 0) is 14.2 Å². The summed E-state index contributed by atoms with van der Waals surface area (Å²) in [5, 5.41) is 0.159. The largest absolute Gasteiger partial charge is 0.544 e. The normalized spacial score (nSPS) is 19.3. The second kappa shape index (κ2) is 9.98. The molecule has 1 fully saturated rings. The van der Waals surface area contributed by atoms with Gasteiger partial charge in [0.15, 0.2) is 6.29 Å². The lowest BCUT2D eigenvalue weighted by Crippen LogP contribution is -2.43. The molecule has 0 aliphatic carbocycles. The van der Waals surface area contributed by atoms with Crippen molar-refractivity contribution in [2.45, 2.75) is 64.1 Å². The average molecular weight is 443 g/mol. The number of ether oxygens (including phenoxy) is 3. The van der Waals surface area contributed by atoms with Gasteiger partial charge in [0.1, 0.15) is 5.75 Å². The summed E-state index contributed by atoms with van der Waals surface area (Å²) in [6.07, 6.45) is 1.16. The summed E-state index contributed by atoms with van der Waals surface area (Å²) in [7, 11) is -1.85. The van der Waals surface area contributed by atoms with E-state index in [1.807, 2.05) is 42.5 Å². The van der Waals surface area contributed by atoms with Crippen LogP contribution in [0.5, 0.6) is 5.75 Å². The van der Waals surface area contributed by atoms with Crippen LogP contribution < -0.4 is 4.43 Å². The topological polar surface area (TPSA) is 54.0 Å². The van der Waals surface area contributed by atoms with Crippen molar-refractivity contribution in [2.75, 3.05) is 13.2 Å². The van der Waals surface area contributed by atoms with Gasteiger partial charge in [0.2, 0.25) is 8.32 Å². The summed E-state index contributed by atoms with van der Waals surface area (Å²) in [5.41, 5.74) is 1.56. The lowest BCUT2D eigenvalue weighted by molar-refractivity contribution is -0.0618. The van der Waals surface area contributed by atoms with E-state index in [0.29, 0.717) is 18.8 Å². The van der Waals surface area contributed by atoms with Crippen LogP contribution in [0.15, 0.2) is 54.6 Å². The number of benzene rings is 2. The molecule has 1 aliphatic heterocycles. The SMILES string of the molecule is CC(C)(C)[Si](C)(C)Oc1ccc(C2OCC(CCCOC(=O)c3ccccc3)O2)cc1. The monoisotopic (exact) mass is 442 g/mol. The van der Waals surface area contributed by atoms with Crippen molar-refractivity contribution in [2.24, 2.45) is 0 Å². The minimum absolute atomic E-state index is 0.00332. The highest BCUT2D eigenvalue weighted by atomic mass is 28.4. The van der Waals surface area contributed by atoms with Crippen molar-refractivity contribution in [1.29, 1.82) is 0 Å². The maximum Gasteiger partial charge on any atom is 0.338 e. The molecule has 168 valence electrons. The lowest BCUT2D eigenvalue weighted by Gasteiger charge is -2.36. The van der Waals surface area contributed by atoms with E-state index in [1.165, 1.54) is 0 Å². The third-order valence-electron chi connectivity index (χ3n) is 5.99. The standard InChI is InChI=1S/C25H34O5Si/c1-25(2,3)31(4,5)30-21-15-13-20(14-16-21)24-28-18-22(29-24)12-9-17-27-23(26)19-10-7-6-8-11-19/h6-8,10-11,13-16,22,24H,9,12,17-18H2,1-5H3. The molecule has 3 rings (SSSR count). The summed E-state index contributed by atoms with van der Waals surface area (Å²) in [6, 6.07) is 17.1. The number of hydrogen-bond donors (Lipinski definition) is 0. The van der Waals surface area contributed by atoms with Gasteiger partial charge in [0.05, 0.1) is 24.9 Å². The van der Waals surface area contributed by atoms with Gasteiger partial charge in [-0.15, -0.1) is 0 Å². The molecule has 1 saturated heterocycles. The van der Waals surface area contributed by atoms with Crippen molar-refractivity contribution in [1.82, 2.24) is 0 Å². The molecule has 2 aromatic rings. The number of rotatable bonds is 8. The molecule has 0 N–H and O–H groups in total. The zero-order valence-electron chi connectivity index (χ0n) is 19.2. The summed E-state index contributed by atoms with van der Waals surface area (Å²) in [6.45, 7) is 12.1. The Morgan fingerprint density at radius 3 is 2.39 bits per heavy atom. The highest BCUT2D eigenvalue weighted by molar-refractivity contribution is 6.74. The van der Waals surface area contributed by atoms with Crippen LogP contribution in [0.4, 0.5) is 0 Å². The van der Waals surface area contributed by atoms with E-state index in [9.17, 15) is 4.79 Å². The zero-order valence-corrected chi connectivity index (χ0v) is 20.2. The van der Waals surface area contributed by atoms with Crippen LogP contribution in [0.25, 0.3) is 0 Å². The maximum absolute atomic E-state index is 12.0. The van der Waals surface area contributed by atoms with Gasteiger partial charge in [0, 0.05) is 5.56 Å². The molecular formula is C25H34O5Si. The highest BCUT2D eigenvalue weighted by Gasteiger charge is 2.39. The molecule has 0 spiro atoms. The van der Waals surface area contributed by atoms with Crippen LogP contribution in [-0.4, -0.2) is 33.6 Å². The molecule has 1 aliphatic rings. The Balaban J connectivity index is 1.42. The van der Waals surface area contributed by atoms with Gasteiger partial charge in [-0.1, -0.05) is 51.1 Å². The van der Waals surface area contributed by atoms with Crippen molar-refractivity contribution >= 4 is 14.3 Å². The zero-order chi connectivity index (χ0) is 22.5. The summed E-state index contributed by atoms with van der Waals surface area (Å²) in [5.74, 6) is 0.604. The third kappa shape index (κ3) is 6.42. The van der Waals surface area contributed by atoms with Gasteiger partial charge in [0.25, 0.3) is 0 Å². The molecule has 31 heavy (non-hydrogen) atoms. The van der Waals surface area contributed by atoms with Gasteiger partial charge < -0.3 is 18.6 Å². The van der Waals surface area contributed by atoms with Crippen LogP contribution in [0.3, 0.4) is 0 Å². The second-order valence-electron chi connectivity index (χ2n) is 9.50. The Morgan fingerprint density at radius 2 is 1.74 bits per heavy atom. The maximum atomic E-state index is 12.0. The minimum atomic E-state index is -1.85. The van der Waals surface area contributed by atoms with E-state index in [0.717, 1.165) is 24.2 Å². The van der Waals surface area contributed by atoms with E-state index in [2.05, 4.69) is 33.9 Å². The average Bonchev–Trinajstić information content (AvgIpc) is 3.20. The van der Waals surface area contributed by atoms with Gasteiger partial charge in [-0.2, -0.15) is 0 Å². The van der Waals surface area contributed by atoms with Crippen molar-refractivity contribution < 1.29 is 23.4 Å². The predicted molar refractivity (Wildman–Crippen MR) is 124 cm³/mol. The quantitative estimate of drug-likeness (QED) is 0.280. The molecule has 2 unspecified atom stereocenters. The van der Waals surface area contributed by atoms with E-state index in [4.69, 9.17) is 18.6 Å². The fraction of sp³-hybridized carbons (Fsp3) is 0.480. The smallest absolute Gasteiger partial charge is 0.338 e. The fourth-order valence-corrected chi connectivity index (χ4v) is 4.08. The fourth-order valence-electron chi connectivity index (χ4n) is 3.05. The summed E-state index contributed by atoms with van der Waals surface area (Å²) in [4.78, 5) is 12.0. The van der Waals surface area contributed by atoms with Gasteiger partial charge in [-0.05, 0) is 55.2 Å². The predicted octanol–water partition coefficient (Wildman–Crippen LogP) is 6.12. The molecule has 6 heteroatoms.